The molecule has 12 heavy (non-hydrogen) atoms. The highest BCUT2D eigenvalue weighted by atomic mass is 32.2. The second-order valence-corrected chi connectivity index (χ2v) is 4.25. The highest BCUT2D eigenvalue weighted by Gasteiger charge is 2.21. The molecule has 1 aromatic carbocycles. The summed E-state index contributed by atoms with van der Waals surface area (Å²) in [5.41, 5.74) is 0. The molecule has 0 fully saturated rings. The zero-order chi connectivity index (χ0) is 7.97. The molecule has 0 amide bonds. The van der Waals surface area contributed by atoms with E-state index in [0.29, 0.717) is 6.79 Å². The highest BCUT2D eigenvalue weighted by Crippen LogP contribution is 2.46. The van der Waals surface area contributed by atoms with Crippen molar-refractivity contribution < 1.29 is 9.47 Å². The number of ether oxygens (including phenoxy) is 2. The van der Waals surface area contributed by atoms with Crippen LogP contribution in [-0.4, -0.2) is 6.79 Å². The van der Waals surface area contributed by atoms with Gasteiger partial charge >= 0.3 is 0 Å². The van der Waals surface area contributed by atoms with Crippen LogP contribution in [0.4, 0.5) is 0 Å². The largest absolute Gasteiger partial charge is 0.454 e. The van der Waals surface area contributed by atoms with Crippen LogP contribution in [0.1, 0.15) is 0 Å². The molecule has 1 radical (unpaired) electrons. The summed E-state index contributed by atoms with van der Waals surface area (Å²) in [4.78, 5) is 2.31. The van der Waals surface area contributed by atoms with Crippen molar-refractivity contribution in [1.29, 1.82) is 0 Å². The second-order valence-electron chi connectivity index (χ2n) is 2.41. The van der Waals surface area contributed by atoms with E-state index in [2.05, 4.69) is 4.13 Å². The van der Waals surface area contributed by atoms with Gasteiger partial charge in [-0.15, -0.1) is 0 Å². The third kappa shape index (κ3) is 0.903. The van der Waals surface area contributed by atoms with E-state index in [1.54, 1.807) is 0 Å². The molecule has 0 aromatic heterocycles. The molecule has 0 atom stereocenters. The first-order chi connectivity index (χ1) is 5.93. The lowest BCUT2D eigenvalue weighted by atomic mass is 10.3. The molecular formula is C7H4NO2S2. The molecule has 5 heteroatoms. The minimum absolute atomic E-state index is 0.338. The Morgan fingerprint density at radius 2 is 1.67 bits per heavy atom. The van der Waals surface area contributed by atoms with E-state index in [9.17, 15) is 0 Å². The van der Waals surface area contributed by atoms with Crippen molar-refractivity contribution in [2.75, 3.05) is 6.79 Å². The monoisotopic (exact) mass is 198 g/mol. The number of fused-ring (bicyclic) bond motifs is 2. The molecule has 61 valence electrons. The average Bonchev–Trinajstić information content (AvgIpc) is 2.64. The van der Waals surface area contributed by atoms with Crippen molar-refractivity contribution >= 4 is 23.9 Å². The maximum absolute atomic E-state index is 5.24. The van der Waals surface area contributed by atoms with Gasteiger partial charge < -0.3 is 9.47 Å². The van der Waals surface area contributed by atoms with Crippen LogP contribution in [0, 0.1) is 0 Å². The maximum Gasteiger partial charge on any atom is 0.231 e. The molecule has 0 aliphatic carbocycles. The van der Waals surface area contributed by atoms with Crippen LogP contribution in [0.15, 0.2) is 21.9 Å². The Kier molecular flexibility index (Phi) is 1.44. The predicted molar refractivity (Wildman–Crippen MR) is 46.4 cm³/mol. The molecule has 0 N–H and O–H groups in total. The summed E-state index contributed by atoms with van der Waals surface area (Å²) in [5, 5.41) is 0. The second kappa shape index (κ2) is 2.48. The quantitative estimate of drug-likeness (QED) is 0.597. The molecular weight excluding hydrogens is 194 g/mol. The van der Waals surface area contributed by atoms with Gasteiger partial charge in [-0.1, -0.05) is 4.13 Å². The number of benzene rings is 1. The van der Waals surface area contributed by atoms with E-state index in [-0.39, 0.29) is 0 Å². The van der Waals surface area contributed by atoms with E-state index < -0.39 is 0 Å². The Balaban J connectivity index is 2.18. The lowest BCUT2D eigenvalue weighted by Gasteiger charge is -1.97. The minimum atomic E-state index is 0.338. The Labute approximate surface area is 78.1 Å². The number of rotatable bonds is 0. The topological polar surface area (TPSA) is 32.6 Å². The van der Waals surface area contributed by atoms with Gasteiger partial charge in [-0.25, -0.2) is 0 Å². The van der Waals surface area contributed by atoms with Crippen LogP contribution in [0.5, 0.6) is 11.5 Å². The van der Waals surface area contributed by atoms with E-state index >= 15 is 0 Å². The van der Waals surface area contributed by atoms with Gasteiger partial charge in [-0.2, -0.15) is 0 Å². The van der Waals surface area contributed by atoms with Gasteiger partial charge in [0.2, 0.25) is 6.79 Å². The molecule has 0 unspecified atom stereocenters. The Morgan fingerprint density at radius 3 is 2.25 bits per heavy atom. The molecule has 3 nitrogen and oxygen atoms in total. The SMILES string of the molecule is c1c2c(cc3c1S[N]S3)OCO2. The normalized spacial score (nSPS) is 18.0. The van der Waals surface area contributed by atoms with Crippen molar-refractivity contribution in [2.24, 2.45) is 0 Å². The van der Waals surface area contributed by atoms with Gasteiger partial charge in [0, 0.05) is 21.9 Å². The van der Waals surface area contributed by atoms with E-state index in [1.807, 2.05) is 12.1 Å². The first-order valence-corrected chi connectivity index (χ1v) is 4.96. The number of nitrogens with zero attached hydrogens (tertiary/aromatic N) is 1. The van der Waals surface area contributed by atoms with E-state index in [4.69, 9.17) is 9.47 Å². The zero-order valence-electron chi connectivity index (χ0n) is 5.94. The van der Waals surface area contributed by atoms with Crippen molar-refractivity contribution in [1.82, 2.24) is 4.13 Å². The average molecular weight is 198 g/mol. The number of hydrogen-bond acceptors (Lipinski definition) is 4. The molecule has 0 bridgehead atoms. The molecule has 0 saturated heterocycles. The molecule has 2 aliphatic rings. The molecule has 2 heterocycles. The van der Waals surface area contributed by atoms with Crippen LogP contribution in [0.3, 0.4) is 0 Å². The summed E-state index contributed by atoms with van der Waals surface area (Å²) in [6.45, 7) is 0.338. The lowest BCUT2D eigenvalue weighted by Crippen LogP contribution is -1.92. The van der Waals surface area contributed by atoms with Gasteiger partial charge in [0.05, 0.1) is 0 Å². The molecule has 0 saturated carbocycles. The Morgan fingerprint density at radius 1 is 1.08 bits per heavy atom. The third-order valence-electron chi connectivity index (χ3n) is 1.71. The van der Waals surface area contributed by atoms with Crippen molar-refractivity contribution in [3.63, 3.8) is 0 Å². The molecule has 0 spiro atoms. The van der Waals surface area contributed by atoms with Crippen molar-refractivity contribution in [2.45, 2.75) is 9.79 Å². The van der Waals surface area contributed by atoms with Gasteiger partial charge in [-0.3, -0.25) is 0 Å². The van der Waals surface area contributed by atoms with Gasteiger partial charge in [-0.05, 0) is 23.9 Å². The van der Waals surface area contributed by atoms with Gasteiger partial charge in [0.1, 0.15) is 0 Å². The summed E-state index contributed by atoms with van der Waals surface area (Å²) in [6.07, 6.45) is 0. The summed E-state index contributed by atoms with van der Waals surface area (Å²) in [5.74, 6) is 1.66. The van der Waals surface area contributed by atoms with Crippen LogP contribution >= 0.6 is 23.9 Å². The fourth-order valence-corrected chi connectivity index (χ4v) is 2.78. The number of hydrogen-bond donors (Lipinski definition) is 0. The third-order valence-corrected chi connectivity index (χ3v) is 3.50. The molecule has 3 rings (SSSR count). The maximum atomic E-state index is 5.24. The predicted octanol–water partition coefficient (Wildman–Crippen LogP) is 2.05. The lowest BCUT2D eigenvalue weighted by molar-refractivity contribution is 0.174. The standard InChI is InChI=1S/C7H4NO2S2/c1-4-5(10-3-9-4)2-7-6(1)11-8-12-7/h1-2H,3H2. The Hall–Kier alpha value is -0.520. The van der Waals surface area contributed by atoms with Crippen LogP contribution in [0.25, 0.3) is 0 Å². The Bertz CT molecular complexity index is 282. The summed E-state index contributed by atoms with van der Waals surface area (Å²) >= 11 is 2.97. The minimum Gasteiger partial charge on any atom is -0.454 e. The first kappa shape index (κ1) is 6.94. The molecule has 1 aromatic rings. The smallest absolute Gasteiger partial charge is 0.231 e. The molecule has 2 aliphatic heterocycles. The van der Waals surface area contributed by atoms with Crippen LogP contribution in [0.2, 0.25) is 0 Å². The highest BCUT2D eigenvalue weighted by molar-refractivity contribution is 8.15. The fraction of sp³-hybridized carbons (Fsp3) is 0.143. The summed E-state index contributed by atoms with van der Waals surface area (Å²) < 4.78 is 14.6. The van der Waals surface area contributed by atoms with E-state index in [0.717, 1.165) is 21.3 Å². The zero-order valence-corrected chi connectivity index (χ0v) is 7.58. The van der Waals surface area contributed by atoms with E-state index in [1.165, 1.54) is 23.9 Å². The fourth-order valence-electron chi connectivity index (χ4n) is 1.15. The first-order valence-electron chi connectivity index (χ1n) is 3.41. The van der Waals surface area contributed by atoms with Crippen LogP contribution in [-0.2, 0) is 0 Å². The van der Waals surface area contributed by atoms with Crippen molar-refractivity contribution in [3.05, 3.63) is 12.1 Å². The van der Waals surface area contributed by atoms with Crippen molar-refractivity contribution in [3.8, 4) is 11.5 Å². The van der Waals surface area contributed by atoms with Gasteiger partial charge in [0.25, 0.3) is 0 Å². The summed E-state index contributed by atoms with van der Waals surface area (Å²) in [6, 6.07) is 3.96. The summed E-state index contributed by atoms with van der Waals surface area (Å²) in [7, 11) is 0. The van der Waals surface area contributed by atoms with Gasteiger partial charge in [0.15, 0.2) is 11.5 Å². The van der Waals surface area contributed by atoms with Crippen LogP contribution < -0.4 is 13.6 Å².